The van der Waals surface area contributed by atoms with Crippen LogP contribution in [0.2, 0.25) is 0 Å². The molecule has 18 heavy (non-hydrogen) atoms. The van der Waals surface area contributed by atoms with E-state index in [1.54, 1.807) is 11.8 Å². The van der Waals surface area contributed by atoms with Gasteiger partial charge >= 0.3 is 0 Å². The van der Waals surface area contributed by atoms with Crippen LogP contribution >= 0.6 is 11.8 Å². The highest BCUT2D eigenvalue weighted by Crippen LogP contribution is 2.23. The molecule has 0 atom stereocenters. The number of para-hydroxylation sites is 1. The average molecular weight is 260 g/mol. The Bertz CT molecular complexity index is 533. The summed E-state index contributed by atoms with van der Waals surface area (Å²) in [4.78, 5) is 1.21. The van der Waals surface area contributed by atoms with Gasteiger partial charge in [-0.05, 0) is 31.2 Å². The van der Waals surface area contributed by atoms with E-state index in [1.807, 2.05) is 23.0 Å². The Hall–Kier alpha value is -1.33. The maximum atomic E-state index is 4.21. The van der Waals surface area contributed by atoms with Crippen LogP contribution in [0.3, 0.4) is 0 Å². The van der Waals surface area contributed by atoms with Crippen LogP contribution < -0.4 is 5.32 Å². The van der Waals surface area contributed by atoms with Crippen LogP contribution in [0.5, 0.6) is 0 Å². The normalized spacial score (nSPS) is 14.9. The number of thioether (sulfide) groups is 1. The molecule has 1 heterocycles. The minimum absolute atomic E-state index is 0.702. The van der Waals surface area contributed by atoms with Gasteiger partial charge < -0.3 is 5.32 Å². The minimum atomic E-state index is 0.702. The van der Waals surface area contributed by atoms with Crippen molar-refractivity contribution < 1.29 is 0 Å². The highest BCUT2D eigenvalue weighted by molar-refractivity contribution is 7.98. The molecule has 1 aromatic carbocycles. The minimum Gasteiger partial charge on any atom is -0.308 e. The van der Waals surface area contributed by atoms with Gasteiger partial charge in [-0.15, -0.1) is 16.9 Å². The Kier molecular flexibility index (Phi) is 3.34. The predicted octanol–water partition coefficient (Wildman–Crippen LogP) is 2.24. The zero-order valence-electron chi connectivity index (χ0n) is 10.3. The third-order valence-corrected chi connectivity index (χ3v) is 3.81. The summed E-state index contributed by atoms with van der Waals surface area (Å²) < 4.78 is 1.86. The van der Waals surface area contributed by atoms with Crippen molar-refractivity contribution in [3.05, 3.63) is 36.2 Å². The van der Waals surface area contributed by atoms with Gasteiger partial charge in [0.1, 0.15) is 0 Å². The van der Waals surface area contributed by atoms with Crippen molar-refractivity contribution in [3.8, 4) is 5.69 Å². The molecule has 94 valence electrons. The molecule has 1 saturated carbocycles. The van der Waals surface area contributed by atoms with Crippen molar-refractivity contribution in [2.75, 3.05) is 6.26 Å². The first-order chi connectivity index (χ1) is 8.86. The standard InChI is InChI=1S/C13H16N4S/c1-18-13-5-3-2-4-12(13)17-9-11(15-16-17)8-14-10-6-7-10/h2-5,9-10,14H,6-8H2,1H3. The molecule has 3 rings (SSSR count). The largest absolute Gasteiger partial charge is 0.308 e. The van der Waals surface area contributed by atoms with E-state index in [0.717, 1.165) is 17.9 Å². The quantitative estimate of drug-likeness (QED) is 0.837. The molecule has 1 fully saturated rings. The van der Waals surface area contributed by atoms with Crippen molar-refractivity contribution in [1.82, 2.24) is 20.3 Å². The van der Waals surface area contributed by atoms with Gasteiger partial charge in [0, 0.05) is 17.5 Å². The van der Waals surface area contributed by atoms with E-state index in [-0.39, 0.29) is 0 Å². The summed E-state index contributed by atoms with van der Waals surface area (Å²) >= 11 is 1.72. The van der Waals surface area contributed by atoms with Crippen molar-refractivity contribution in [3.63, 3.8) is 0 Å². The van der Waals surface area contributed by atoms with Gasteiger partial charge in [0.05, 0.1) is 17.6 Å². The number of hydrogen-bond donors (Lipinski definition) is 1. The van der Waals surface area contributed by atoms with E-state index in [2.05, 4.69) is 34.0 Å². The number of hydrogen-bond acceptors (Lipinski definition) is 4. The molecule has 1 N–H and O–H groups in total. The van der Waals surface area contributed by atoms with Crippen LogP contribution in [0.25, 0.3) is 5.69 Å². The predicted molar refractivity (Wildman–Crippen MR) is 73.0 cm³/mol. The van der Waals surface area contributed by atoms with Crippen LogP contribution in [0.15, 0.2) is 35.4 Å². The second kappa shape index (κ2) is 5.12. The van der Waals surface area contributed by atoms with E-state index in [1.165, 1.54) is 17.7 Å². The fraction of sp³-hybridized carbons (Fsp3) is 0.385. The molecule has 2 aromatic rings. The molecule has 4 nitrogen and oxygen atoms in total. The average Bonchev–Trinajstić information content (AvgIpc) is 3.13. The smallest absolute Gasteiger partial charge is 0.0969 e. The Morgan fingerprint density at radius 3 is 3.00 bits per heavy atom. The first-order valence-corrected chi connectivity index (χ1v) is 7.37. The van der Waals surface area contributed by atoms with Crippen LogP contribution in [0, 0.1) is 0 Å². The molecular formula is C13H16N4S. The third-order valence-electron chi connectivity index (χ3n) is 3.02. The molecule has 1 aliphatic carbocycles. The summed E-state index contributed by atoms with van der Waals surface area (Å²) in [6, 6.07) is 8.94. The molecule has 0 spiro atoms. The van der Waals surface area contributed by atoms with Crippen LogP contribution in [-0.2, 0) is 6.54 Å². The summed E-state index contributed by atoms with van der Waals surface area (Å²) in [6.45, 7) is 0.812. The van der Waals surface area contributed by atoms with E-state index < -0.39 is 0 Å². The summed E-state index contributed by atoms with van der Waals surface area (Å²) in [5, 5.41) is 11.9. The van der Waals surface area contributed by atoms with Crippen molar-refractivity contribution in [1.29, 1.82) is 0 Å². The molecule has 1 aromatic heterocycles. The summed E-state index contributed by atoms with van der Waals surface area (Å²) in [7, 11) is 0. The molecule has 0 radical (unpaired) electrons. The molecule has 0 aliphatic heterocycles. The Balaban J connectivity index is 1.78. The van der Waals surface area contributed by atoms with Crippen LogP contribution in [0.4, 0.5) is 0 Å². The first-order valence-electron chi connectivity index (χ1n) is 6.15. The van der Waals surface area contributed by atoms with Crippen LogP contribution in [0.1, 0.15) is 18.5 Å². The van der Waals surface area contributed by atoms with E-state index in [9.17, 15) is 0 Å². The Morgan fingerprint density at radius 1 is 1.39 bits per heavy atom. The Morgan fingerprint density at radius 2 is 2.22 bits per heavy atom. The lowest BCUT2D eigenvalue weighted by Crippen LogP contribution is -2.15. The molecule has 5 heteroatoms. The highest BCUT2D eigenvalue weighted by Gasteiger charge is 2.20. The monoisotopic (exact) mass is 260 g/mol. The van der Waals surface area contributed by atoms with Crippen molar-refractivity contribution in [2.24, 2.45) is 0 Å². The lowest BCUT2D eigenvalue weighted by atomic mass is 10.3. The van der Waals surface area contributed by atoms with Gasteiger partial charge in [0.2, 0.25) is 0 Å². The van der Waals surface area contributed by atoms with Gasteiger partial charge in [-0.2, -0.15) is 0 Å². The SMILES string of the molecule is CSc1ccccc1-n1cc(CNC2CC2)nn1. The lowest BCUT2D eigenvalue weighted by Gasteiger charge is -2.05. The molecule has 0 unspecified atom stereocenters. The number of nitrogens with zero attached hydrogens (tertiary/aromatic N) is 3. The van der Waals surface area contributed by atoms with Gasteiger partial charge in [-0.1, -0.05) is 17.3 Å². The van der Waals surface area contributed by atoms with Gasteiger partial charge in [-0.25, -0.2) is 4.68 Å². The maximum Gasteiger partial charge on any atom is 0.0969 e. The lowest BCUT2D eigenvalue weighted by molar-refractivity contribution is 0.671. The zero-order valence-corrected chi connectivity index (χ0v) is 11.2. The topological polar surface area (TPSA) is 42.7 Å². The second-order valence-corrected chi connectivity index (χ2v) is 5.33. The molecule has 0 saturated heterocycles. The van der Waals surface area contributed by atoms with Gasteiger partial charge in [0.25, 0.3) is 0 Å². The van der Waals surface area contributed by atoms with Crippen molar-refractivity contribution in [2.45, 2.75) is 30.3 Å². The van der Waals surface area contributed by atoms with E-state index >= 15 is 0 Å². The van der Waals surface area contributed by atoms with Gasteiger partial charge in [0.15, 0.2) is 0 Å². The van der Waals surface area contributed by atoms with E-state index in [0.29, 0.717) is 6.04 Å². The molecule has 1 aliphatic rings. The molecular weight excluding hydrogens is 244 g/mol. The van der Waals surface area contributed by atoms with Gasteiger partial charge in [-0.3, -0.25) is 0 Å². The fourth-order valence-corrected chi connectivity index (χ4v) is 2.44. The van der Waals surface area contributed by atoms with E-state index in [4.69, 9.17) is 0 Å². The summed E-state index contributed by atoms with van der Waals surface area (Å²) in [5.41, 5.74) is 2.09. The second-order valence-electron chi connectivity index (χ2n) is 4.48. The third kappa shape index (κ3) is 2.57. The molecule has 0 amide bonds. The number of aromatic nitrogens is 3. The maximum absolute atomic E-state index is 4.21. The summed E-state index contributed by atoms with van der Waals surface area (Å²) in [5.74, 6) is 0. The van der Waals surface area contributed by atoms with Crippen molar-refractivity contribution >= 4 is 11.8 Å². The zero-order chi connectivity index (χ0) is 12.4. The summed E-state index contributed by atoms with van der Waals surface area (Å²) in [6.07, 6.45) is 6.67. The first kappa shape index (κ1) is 11.7. The molecule has 0 bridgehead atoms. The van der Waals surface area contributed by atoms with Crippen LogP contribution in [-0.4, -0.2) is 27.3 Å². The number of rotatable bonds is 5. The fourth-order valence-electron chi connectivity index (χ4n) is 1.85. The highest BCUT2D eigenvalue weighted by atomic mass is 32.2. The number of benzene rings is 1. The Labute approximate surface area is 111 Å². The number of nitrogens with one attached hydrogen (secondary N) is 1.